The summed E-state index contributed by atoms with van der Waals surface area (Å²) in [6, 6.07) is 4.86. The molecule has 18 heavy (non-hydrogen) atoms. The summed E-state index contributed by atoms with van der Waals surface area (Å²) in [5.74, 6) is -0.955. The van der Waals surface area contributed by atoms with Gasteiger partial charge in [0.1, 0.15) is 9.84 Å². The van der Waals surface area contributed by atoms with Crippen LogP contribution in [0, 0.1) is 0 Å². The molecule has 5 nitrogen and oxygen atoms in total. The van der Waals surface area contributed by atoms with Gasteiger partial charge in [0.05, 0.1) is 17.3 Å². The molecule has 0 aliphatic heterocycles. The smallest absolute Gasteiger partial charge is 0.155 e. The molecule has 0 radical (unpaired) electrons. The molecule has 0 fully saturated rings. The Labute approximate surface area is 115 Å². The molecule has 0 spiro atoms. The van der Waals surface area contributed by atoms with Gasteiger partial charge in [0.15, 0.2) is 9.84 Å². The first kappa shape index (κ1) is 15.5. The zero-order valence-corrected chi connectivity index (χ0v) is 13.0. The molecule has 1 rings (SSSR count). The van der Waals surface area contributed by atoms with E-state index in [-0.39, 0.29) is 17.3 Å². The van der Waals surface area contributed by atoms with E-state index in [1.165, 1.54) is 0 Å². The van der Waals surface area contributed by atoms with E-state index < -0.39 is 19.7 Å². The van der Waals surface area contributed by atoms with Crippen molar-refractivity contribution in [2.24, 2.45) is 0 Å². The average molecular weight is 356 g/mol. The maximum atomic E-state index is 11.7. The Morgan fingerprint density at radius 2 is 1.72 bits per heavy atom. The molecule has 0 atom stereocenters. The van der Waals surface area contributed by atoms with Crippen LogP contribution in [0.4, 0.5) is 5.69 Å². The van der Waals surface area contributed by atoms with Crippen LogP contribution in [-0.2, 0) is 25.4 Å². The lowest BCUT2D eigenvalue weighted by molar-refractivity contribution is 0.589. The van der Waals surface area contributed by atoms with Crippen molar-refractivity contribution in [2.75, 3.05) is 23.5 Å². The predicted octanol–water partition coefficient (Wildman–Crippen LogP) is 0.991. The predicted molar refractivity (Wildman–Crippen MR) is 75.8 cm³/mol. The summed E-state index contributed by atoms with van der Waals surface area (Å²) < 4.78 is 46.1. The van der Waals surface area contributed by atoms with Gasteiger partial charge in [0, 0.05) is 16.4 Å². The second-order valence-corrected chi connectivity index (χ2v) is 9.47. The topological polar surface area (TPSA) is 94.3 Å². The van der Waals surface area contributed by atoms with Crippen LogP contribution in [0.5, 0.6) is 0 Å². The maximum absolute atomic E-state index is 11.7. The fourth-order valence-corrected chi connectivity index (χ4v) is 4.97. The molecule has 0 aromatic heterocycles. The molecule has 8 heteroatoms. The zero-order chi connectivity index (χ0) is 14.0. The third kappa shape index (κ3) is 5.83. The van der Waals surface area contributed by atoms with Crippen LogP contribution < -0.4 is 5.73 Å². The highest BCUT2D eigenvalue weighted by atomic mass is 79.9. The first-order chi connectivity index (χ1) is 8.07. The summed E-state index contributed by atoms with van der Waals surface area (Å²) in [5.41, 5.74) is 6.59. The van der Waals surface area contributed by atoms with Crippen LogP contribution in [0.15, 0.2) is 22.7 Å². The highest BCUT2D eigenvalue weighted by molar-refractivity contribution is 9.10. The summed E-state index contributed by atoms with van der Waals surface area (Å²) in [4.78, 5) is 0. The molecule has 0 aliphatic carbocycles. The molecule has 1 aromatic rings. The molecule has 0 bridgehead atoms. The van der Waals surface area contributed by atoms with E-state index in [0.717, 1.165) is 6.26 Å². The third-order valence-corrected chi connectivity index (χ3v) is 5.39. The van der Waals surface area contributed by atoms with Gasteiger partial charge in [0.25, 0.3) is 0 Å². The van der Waals surface area contributed by atoms with E-state index in [2.05, 4.69) is 15.9 Å². The summed E-state index contributed by atoms with van der Waals surface area (Å²) in [6.45, 7) is 0. The van der Waals surface area contributed by atoms with Gasteiger partial charge in [-0.3, -0.25) is 0 Å². The van der Waals surface area contributed by atoms with Gasteiger partial charge in [-0.1, -0.05) is 15.9 Å². The SMILES string of the molecule is CS(=O)(=O)CCS(=O)(=O)Cc1cc(N)cc(Br)c1. The molecule has 1 aromatic carbocycles. The molecular weight excluding hydrogens is 342 g/mol. The number of sulfone groups is 2. The normalized spacial score (nSPS) is 12.6. The summed E-state index contributed by atoms with van der Waals surface area (Å²) in [7, 11) is -6.74. The monoisotopic (exact) mass is 355 g/mol. The van der Waals surface area contributed by atoms with Crippen molar-refractivity contribution in [3.8, 4) is 0 Å². The minimum absolute atomic E-state index is 0.216. The second-order valence-electron chi connectivity index (χ2n) is 4.11. The van der Waals surface area contributed by atoms with Gasteiger partial charge in [-0.15, -0.1) is 0 Å². The summed E-state index contributed by atoms with van der Waals surface area (Å²) in [6.07, 6.45) is 1.01. The van der Waals surface area contributed by atoms with Gasteiger partial charge in [-0.2, -0.15) is 0 Å². The molecule has 0 aliphatic rings. The Kier molecular flexibility index (Phi) is 4.79. The lowest BCUT2D eigenvalue weighted by Crippen LogP contribution is -2.17. The van der Waals surface area contributed by atoms with Crippen molar-refractivity contribution in [1.82, 2.24) is 0 Å². The highest BCUT2D eigenvalue weighted by Crippen LogP contribution is 2.19. The third-order valence-electron chi connectivity index (χ3n) is 2.13. The van der Waals surface area contributed by atoms with E-state index in [0.29, 0.717) is 15.7 Å². The lowest BCUT2D eigenvalue weighted by atomic mass is 10.2. The molecule has 102 valence electrons. The van der Waals surface area contributed by atoms with Crippen molar-refractivity contribution in [3.63, 3.8) is 0 Å². The van der Waals surface area contributed by atoms with E-state index in [9.17, 15) is 16.8 Å². The number of anilines is 1. The van der Waals surface area contributed by atoms with Crippen molar-refractivity contribution in [2.45, 2.75) is 5.75 Å². The minimum Gasteiger partial charge on any atom is -0.399 e. The van der Waals surface area contributed by atoms with Gasteiger partial charge >= 0.3 is 0 Å². The molecule has 2 N–H and O–H groups in total. The zero-order valence-electron chi connectivity index (χ0n) is 9.76. The second kappa shape index (κ2) is 5.58. The van der Waals surface area contributed by atoms with E-state index in [1.54, 1.807) is 18.2 Å². The van der Waals surface area contributed by atoms with Crippen molar-refractivity contribution in [1.29, 1.82) is 0 Å². The van der Waals surface area contributed by atoms with Crippen LogP contribution in [0.1, 0.15) is 5.56 Å². The van der Waals surface area contributed by atoms with Gasteiger partial charge in [0.2, 0.25) is 0 Å². The van der Waals surface area contributed by atoms with Crippen molar-refractivity contribution < 1.29 is 16.8 Å². The van der Waals surface area contributed by atoms with E-state index in [4.69, 9.17) is 5.73 Å². The minimum atomic E-state index is -3.46. The average Bonchev–Trinajstić information content (AvgIpc) is 2.11. The Morgan fingerprint density at radius 1 is 1.11 bits per heavy atom. The summed E-state index contributed by atoms with van der Waals surface area (Å²) in [5, 5.41) is 0. The van der Waals surface area contributed by atoms with Crippen LogP contribution >= 0.6 is 15.9 Å². The first-order valence-electron chi connectivity index (χ1n) is 5.00. The number of halogens is 1. The number of hydrogen-bond acceptors (Lipinski definition) is 5. The molecule has 0 amide bonds. The fraction of sp³-hybridized carbons (Fsp3) is 0.400. The largest absolute Gasteiger partial charge is 0.399 e. The number of rotatable bonds is 5. The van der Waals surface area contributed by atoms with Gasteiger partial charge in [-0.25, -0.2) is 16.8 Å². The van der Waals surface area contributed by atoms with Gasteiger partial charge in [-0.05, 0) is 23.8 Å². The Hall–Kier alpha value is -0.600. The van der Waals surface area contributed by atoms with Gasteiger partial charge < -0.3 is 5.73 Å². The first-order valence-corrected chi connectivity index (χ1v) is 9.68. The standard InChI is InChI=1S/C10H14BrNO4S2/c1-17(13,14)2-3-18(15,16)7-8-4-9(11)6-10(12)5-8/h4-6H,2-3,7,12H2,1H3. The molecule has 0 saturated carbocycles. The van der Waals surface area contributed by atoms with Crippen LogP contribution in [0.3, 0.4) is 0 Å². The van der Waals surface area contributed by atoms with Crippen LogP contribution in [0.2, 0.25) is 0 Å². The van der Waals surface area contributed by atoms with Crippen LogP contribution in [-0.4, -0.2) is 34.6 Å². The van der Waals surface area contributed by atoms with Crippen molar-refractivity contribution in [3.05, 3.63) is 28.2 Å². The Morgan fingerprint density at radius 3 is 2.22 bits per heavy atom. The van der Waals surface area contributed by atoms with Crippen LogP contribution in [0.25, 0.3) is 0 Å². The van der Waals surface area contributed by atoms with Crippen molar-refractivity contribution >= 4 is 41.3 Å². The Bertz CT molecular complexity index is 618. The highest BCUT2D eigenvalue weighted by Gasteiger charge is 2.16. The molecule has 0 heterocycles. The number of nitrogen functional groups attached to an aromatic ring is 1. The number of nitrogens with two attached hydrogens (primary N) is 1. The molecular formula is C10H14BrNO4S2. The molecule has 0 unspecified atom stereocenters. The fourth-order valence-electron chi connectivity index (χ4n) is 1.36. The maximum Gasteiger partial charge on any atom is 0.155 e. The molecule has 0 saturated heterocycles. The quantitative estimate of drug-likeness (QED) is 0.794. The number of benzene rings is 1. The van der Waals surface area contributed by atoms with E-state index in [1.807, 2.05) is 0 Å². The van der Waals surface area contributed by atoms with E-state index >= 15 is 0 Å². The summed E-state index contributed by atoms with van der Waals surface area (Å²) >= 11 is 3.22. The Balaban J connectivity index is 2.83. The number of hydrogen-bond donors (Lipinski definition) is 1. The lowest BCUT2D eigenvalue weighted by Gasteiger charge is -2.05.